The van der Waals surface area contributed by atoms with Crippen LogP contribution in [0.1, 0.15) is 6.42 Å². The zero-order chi connectivity index (χ0) is 17.4. The van der Waals surface area contributed by atoms with E-state index >= 15 is 0 Å². The highest BCUT2D eigenvalue weighted by Gasteiger charge is 2.40. The van der Waals surface area contributed by atoms with E-state index in [9.17, 15) is 9.59 Å². The van der Waals surface area contributed by atoms with Gasteiger partial charge in [-0.3, -0.25) is 9.59 Å². The first-order chi connectivity index (χ1) is 12.2. The number of anilines is 1. The van der Waals surface area contributed by atoms with Gasteiger partial charge in [0.05, 0.1) is 23.0 Å². The molecule has 126 valence electrons. The maximum atomic E-state index is 12.8. The first-order valence-electron chi connectivity index (χ1n) is 7.69. The van der Waals surface area contributed by atoms with E-state index in [1.165, 1.54) is 16.7 Å². The molecule has 4 rings (SSSR count). The topological polar surface area (TPSA) is 59.5 Å². The molecule has 0 aliphatic carbocycles. The van der Waals surface area contributed by atoms with Crippen LogP contribution >= 0.6 is 23.1 Å². The Labute approximate surface area is 152 Å². The number of ether oxygens (including phenoxy) is 1. The normalized spacial score (nSPS) is 17.5. The minimum Gasteiger partial charge on any atom is -0.497 e. The third-order valence-electron chi connectivity index (χ3n) is 3.93. The van der Waals surface area contributed by atoms with Crippen LogP contribution in [0.15, 0.2) is 52.9 Å². The Morgan fingerprint density at radius 3 is 2.84 bits per heavy atom. The summed E-state index contributed by atoms with van der Waals surface area (Å²) in [5.74, 6) is 0.208. The highest BCUT2D eigenvalue weighted by Crippen LogP contribution is 2.37. The Morgan fingerprint density at radius 2 is 2.04 bits per heavy atom. The molecule has 2 heterocycles. The molecule has 0 bridgehead atoms. The number of nitrogens with zero attached hydrogens (tertiary/aromatic N) is 2. The smallest absolute Gasteiger partial charge is 0.247 e. The van der Waals surface area contributed by atoms with Gasteiger partial charge < -0.3 is 4.74 Å². The number of imide groups is 1. The SMILES string of the molecule is COc1cccc(N2C(=O)CC(Sc3nc4ccccc4s3)C2=O)c1. The lowest BCUT2D eigenvalue weighted by molar-refractivity contribution is -0.121. The molecule has 2 aromatic carbocycles. The van der Waals surface area contributed by atoms with Crippen molar-refractivity contribution in [3.8, 4) is 5.75 Å². The number of thiazole rings is 1. The summed E-state index contributed by atoms with van der Waals surface area (Å²) >= 11 is 2.90. The van der Waals surface area contributed by atoms with Crippen LogP contribution in [-0.2, 0) is 9.59 Å². The fourth-order valence-electron chi connectivity index (χ4n) is 2.74. The summed E-state index contributed by atoms with van der Waals surface area (Å²) in [6, 6.07) is 14.8. The number of hydrogen-bond donors (Lipinski definition) is 0. The largest absolute Gasteiger partial charge is 0.497 e. The van der Waals surface area contributed by atoms with Gasteiger partial charge in [-0.25, -0.2) is 9.88 Å². The zero-order valence-electron chi connectivity index (χ0n) is 13.3. The highest BCUT2D eigenvalue weighted by atomic mass is 32.2. The Bertz CT molecular complexity index is 937. The van der Waals surface area contributed by atoms with E-state index in [2.05, 4.69) is 4.98 Å². The quantitative estimate of drug-likeness (QED) is 0.655. The van der Waals surface area contributed by atoms with E-state index in [1.807, 2.05) is 24.3 Å². The number of benzene rings is 2. The van der Waals surface area contributed by atoms with Crippen LogP contribution in [0, 0.1) is 0 Å². The second-order valence-electron chi connectivity index (χ2n) is 5.53. The van der Waals surface area contributed by atoms with Crippen molar-refractivity contribution in [2.24, 2.45) is 0 Å². The molecule has 7 heteroatoms. The average molecular weight is 370 g/mol. The summed E-state index contributed by atoms with van der Waals surface area (Å²) in [6.45, 7) is 0. The van der Waals surface area contributed by atoms with Crippen molar-refractivity contribution in [3.05, 3.63) is 48.5 Å². The molecule has 0 spiro atoms. The van der Waals surface area contributed by atoms with Crippen molar-refractivity contribution in [2.45, 2.75) is 16.0 Å². The van der Waals surface area contributed by atoms with Crippen LogP contribution in [0.3, 0.4) is 0 Å². The number of carbonyl (C=O) groups is 2. The Morgan fingerprint density at radius 1 is 1.20 bits per heavy atom. The summed E-state index contributed by atoms with van der Waals surface area (Å²) in [6.07, 6.45) is 0.177. The molecule has 1 aromatic heterocycles. The summed E-state index contributed by atoms with van der Waals surface area (Å²) < 4.78 is 7.06. The van der Waals surface area contributed by atoms with Gasteiger partial charge in [0.25, 0.3) is 0 Å². The molecule has 1 aliphatic heterocycles. The fraction of sp³-hybridized carbons (Fsp3) is 0.167. The number of methoxy groups -OCH3 is 1. The second kappa shape index (κ2) is 6.50. The molecule has 2 amide bonds. The Hall–Kier alpha value is -2.38. The number of fused-ring (bicyclic) bond motifs is 1. The standard InChI is InChI=1S/C18H14N2O3S2/c1-23-12-6-4-5-11(9-12)20-16(21)10-15(17(20)22)25-18-19-13-7-2-3-8-14(13)24-18/h2-9,15H,10H2,1H3. The molecule has 5 nitrogen and oxygen atoms in total. The summed E-state index contributed by atoms with van der Waals surface area (Å²) in [5, 5.41) is -0.445. The van der Waals surface area contributed by atoms with E-state index in [4.69, 9.17) is 4.74 Å². The minimum absolute atomic E-state index is 0.177. The van der Waals surface area contributed by atoms with E-state index in [0.717, 1.165) is 14.6 Å². The van der Waals surface area contributed by atoms with Gasteiger partial charge in [0.2, 0.25) is 11.8 Å². The van der Waals surface area contributed by atoms with Crippen LogP contribution in [0.2, 0.25) is 0 Å². The molecule has 25 heavy (non-hydrogen) atoms. The number of aromatic nitrogens is 1. The van der Waals surface area contributed by atoms with Crippen LogP contribution in [-0.4, -0.2) is 29.2 Å². The van der Waals surface area contributed by atoms with Gasteiger partial charge in [-0.2, -0.15) is 0 Å². The highest BCUT2D eigenvalue weighted by molar-refractivity contribution is 8.02. The number of rotatable bonds is 4. The van der Waals surface area contributed by atoms with Crippen molar-refractivity contribution in [1.29, 1.82) is 0 Å². The molecular formula is C18H14N2O3S2. The Kier molecular flexibility index (Phi) is 4.19. The average Bonchev–Trinajstić information content (AvgIpc) is 3.15. The lowest BCUT2D eigenvalue weighted by Gasteiger charge is -2.15. The van der Waals surface area contributed by atoms with Crippen molar-refractivity contribution >= 4 is 50.8 Å². The van der Waals surface area contributed by atoms with Crippen LogP contribution in [0.25, 0.3) is 10.2 Å². The van der Waals surface area contributed by atoms with Gasteiger partial charge in [-0.05, 0) is 24.3 Å². The van der Waals surface area contributed by atoms with E-state index in [-0.39, 0.29) is 18.2 Å². The van der Waals surface area contributed by atoms with Crippen molar-refractivity contribution in [1.82, 2.24) is 4.98 Å². The van der Waals surface area contributed by atoms with Crippen LogP contribution < -0.4 is 9.64 Å². The van der Waals surface area contributed by atoms with Gasteiger partial charge in [0.1, 0.15) is 11.0 Å². The number of carbonyl (C=O) groups excluding carboxylic acids is 2. The Balaban J connectivity index is 1.58. The molecule has 0 N–H and O–H groups in total. The number of para-hydroxylation sites is 1. The second-order valence-corrected chi connectivity index (χ2v) is 8.01. The lowest BCUT2D eigenvalue weighted by Crippen LogP contribution is -2.31. The zero-order valence-corrected chi connectivity index (χ0v) is 15.0. The molecule has 1 aliphatic rings. The summed E-state index contributed by atoms with van der Waals surface area (Å²) in [7, 11) is 1.55. The van der Waals surface area contributed by atoms with Crippen molar-refractivity contribution < 1.29 is 14.3 Å². The van der Waals surface area contributed by atoms with E-state index < -0.39 is 5.25 Å². The maximum Gasteiger partial charge on any atom is 0.247 e. The van der Waals surface area contributed by atoms with Crippen LogP contribution in [0.5, 0.6) is 5.75 Å². The van der Waals surface area contributed by atoms with Gasteiger partial charge in [0, 0.05) is 12.5 Å². The fourth-order valence-corrected chi connectivity index (χ4v) is 5.07. The van der Waals surface area contributed by atoms with Crippen LogP contribution in [0.4, 0.5) is 5.69 Å². The van der Waals surface area contributed by atoms with Gasteiger partial charge in [-0.1, -0.05) is 30.0 Å². The van der Waals surface area contributed by atoms with E-state index in [1.54, 1.807) is 42.7 Å². The number of amides is 2. The van der Waals surface area contributed by atoms with Gasteiger partial charge in [-0.15, -0.1) is 11.3 Å². The monoisotopic (exact) mass is 370 g/mol. The number of hydrogen-bond acceptors (Lipinski definition) is 6. The molecule has 1 fully saturated rings. The molecule has 0 radical (unpaired) electrons. The lowest BCUT2D eigenvalue weighted by atomic mass is 10.3. The van der Waals surface area contributed by atoms with E-state index in [0.29, 0.717) is 11.4 Å². The first kappa shape index (κ1) is 16.1. The molecule has 1 saturated heterocycles. The minimum atomic E-state index is -0.445. The third kappa shape index (κ3) is 3.01. The number of thioether (sulfide) groups is 1. The maximum absolute atomic E-state index is 12.8. The van der Waals surface area contributed by atoms with Crippen molar-refractivity contribution in [2.75, 3.05) is 12.0 Å². The third-order valence-corrected chi connectivity index (χ3v) is 6.25. The molecule has 1 atom stereocenters. The molecule has 1 unspecified atom stereocenters. The molecule has 3 aromatic rings. The molecule has 0 saturated carbocycles. The first-order valence-corrected chi connectivity index (χ1v) is 9.38. The predicted molar refractivity (Wildman–Crippen MR) is 99.4 cm³/mol. The molecular weight excluding hydrogens is 356 g/mol. The van der Waals surface area contributed by atoms with Crippen molar-refractivity contribution in [3.63, 3.8) is 0 Å². The predicted octanol–water partition coefficient (Wildman–Crippen LogP) is 3.73. The summed E-state index contributed by atoms with van der Waals surface area (Å²) in [5.41, 5.74) is 1.46. The van der Waals surface area contributed by atoms with Gasteiger partial charge in [0.15, 0.2) is 4.34 Å². The summed E-state index contributed by atoms with van der Waals surface area (Å²) in [4.78, 5) is 30.9. The van der Waals surface area contributed by atoms with Gasteiger partial charge >= 0.3 is 0 Å².